The molecule has 0 saturated carbocycles. The molecular formula is C36H41N5O5. The average molecular weight is 624 g/mol. The number of H-pyrrole nitrogens is 1. The normalized spacial score (nSPS) is 14.9. The molecule has 10 heteroatoms. The first-order valence-corrected chi connectivity index (χ1v) is 15.7. The number of aromatic amines is 1. The lowest BCUT2D eigenvalue weighted by atomic mass is 9.84. The molecule has 0 radical (unpaired) electrons. The third-order valence-corrected chi connectivity index (χ3v) is 8.23. The van der Waals surface area contributed by atoms with Crippen LogP contribution in [0.5, 0.6) is 5.75 Å². The fraction of sp³-hybridized carbons (Fsp3) is 0.333. The van der Waals surface area contributed by atoms with Gasteiger partial charge >= 0.3 is 0 Å². The number of nitrogens with one attached hydrogen (secondary N) is 3. The van der Waals surface area contributed by atoms with Gasteiger partial charge in [0.2, 0.25) is 11.8 Å². The van der Waals surface area contributed by atoms with Gasteiger partial charge in [0.1, 0.15) is 23.4 Å². The monoisotopic (exact) mass is 623 g/mol. The van der Waals surface area contributed by atoms with Crippen LogP contribution in [0.2, 0.25) is 0 Å². The number of carbonyl (C=O) groups is 3. The lowest BCUT2D eigenvalue weighted by Crippen LogP contribution is -2.66. The van der Waals surface area contributed by atoms with Crippen LogP contribution in [0.25, 0.3) is 0 Å². The standard InChI is InChI=1S/C36H41N5O5/c1-3-4-19-46-36(28-13-9-6-10-14-28)23-41(24-36)35(44)32(20-26-15-17-30(45-2)18-16-26)40-34(43)31(21-29-22-37-25-38-29)39-33(42)27-11-7-5-8-12-27/h5-18,22,25,31-32H,3-4,19-21,23-24H2,1-2H3,(H,37,38)(H,39,42)(H,40,43). The highest BCUT2D eigenvalue weighted by Crippen LogP contribution is 2.36. The van der Waals surface area contributed by atoms with E-state index in [-0.39, 0.29) is 18.7 Å². The number of imidazole rings is 1. The molecule has 240 valence electrons. The van der Waals surface area contributed by atoms with Crippen LogP contribution >= 0.6 is 0 Å². The zero-order valence-corrected chi connectivity index (χ0v) is 26.3. The fourth-order valence-corrected chi connectivity index (χ4v) is 5.58. The van der Waals surface area contributed by atoms with Gasteiger partial charge in [0.05, 0.1) is 26.5 Å². The van der Waals surface area contributed by atoms with E-state index in [0.717, 1.165) is 24.0 Å². The van der Waals surface area contributed by atoms with Crippen LogP contribution in [0.3, 0.4) is 0 Å². The maximum atomic E-state index is 14.1. The molecule has 1 saturated heterocycles. The van der Waals surface area contributed by atoms with E-state index in [4.69, 9.17) is 9.47 Å². The van der Waals surface area contributed by atoms with E-state index in [1.807, 2.05) is 60.7 Å². The van der Waals surface area contributed by atoms with E-state index in [0.29, 0.717) is 36.7 Å². The Kier molecular flexibility index (Phi) is 10.8. The van der Waals surface area contributed by atoms with Crippen molar-refractivity contribution in [3.05, 3.63) is 120 Å². The van der Waals surface area contributed by atoms with Crippen LogP contribution in [0.15, 0.2) is 97.5 Å². The molecule has 0 spiro atoms. The maximum Gasteiger partial charge on any atom is 0.251 e. The van der Waals surface area contributed by atoms with Crippen LogP contribution in [-0.4, -0.2) is 71.5 Å². The maximum absolute atomic E-state index is 14.1. The summed E-state index contributed by atoms with van der Waals surface area (Å²) < 4.78 is 11.7. The van der Waals surface area contributed by atoms with Gasteiger partial charge in [-0.25, -0.2) is 4.98 Å². The van der Waals surface area contributed by atoms with Crippen molar-refractivity contribution in [3.63, 3.8) is 0 Å². The molecule has 5 rings (SSSR count). The lowest BCUT2D eigenvalue weighted by molar-refractivity contribution is -0.175. The van der Waals surface area contributed by atoms with Crippen molar-refractivity contribution in [2.45, 2.75) is 50.3 Å². The van der Waals surface area contributed by atoms with Gasteiger partial charge in [-0.3, -0.25) is 14.4 Å². The summed E-state index contributed by atoms with van der Waals surface area (Å²) in [6, 6.07) is 24.2. The molecule has 4 aromatic rings. The van der Waals surface area contributed by atoms with Crippen LogP contribution < -0.4 is 15.4 Å². The van der Waals surface area contributed by atoms with Gasteiger partial charge < -0.3 is 30.0 Å². The molecule has 2 atom stereocenters. The minimum atomic E-state index is -0.962. The van der Waals surface area contributed by atoms with Gasteiger partial charge in [-0.05, 0) is 41.8 Å². The van der Waals surface area contributed by atoms with Gasteiger partial charge in [0.15, 0.2) is 0 Å². The Morgan fingerprint density at radius 3 is 2.24 bits per heavy atom. The number of amides is 3. The van der Waals surface area contributed by atoms with Crippen LogP contribution in [0.4, 0.5) is 0 Å². The number of carbonyl (C=O) groups excluding carboxylic acids is 3. The highest BCUT2D eigenvalue weighted by Gasteiger charge is 2.49. The zero-order valence-electron chi connectivity index (χ0n) is 26.3. The second-order valence-corrected chi connectivity index (χ2v) is 11.5. The van der Waals surface area contributed by atoms with Crippen molar-refractivity contribution in [2.75, 3.05) is 26.8 Å². The summed E-state index contributed by atoms with van der Waals surface area (Å²) in [5.41, 5.74) is 2.37. The van der Waals surface area contributed by atoms with E-state index in [1.54, 1.807) is 42.5 Å². The molecule has 3 amide bonds. The van der Waals surface area contributed by atoms with Crippen molar-refractivity contribution in [1.29, 1.82) is 0 Å². The molecule has 1 aromatic heterocycles. The molecule has 1 fully saturated rings. The summed E-state index contributed by atoms with van der Waals surface area (Å²) in [7, 11) is 1.59. The largest absolute Gasteiger partial charge is 0.497 e. The summed E-state index contributed by atoms with van der Waals surface area (Å²) >= 11 is 0. The van der Waals surface area contributed by atoms with E-state index < -0.39 is 29.5 Å². The molecule has 2 heterocycles. The average Bonchev–Trinajstić information content (AvgIpc) is 3.59. The van der Waals surface area contributed by atoms with Crippen LogP contribution in [0.1, 0.15) is 46.9 Å². The summed E-state index contributed by atoms with van der Waals surface area (Å²) in [4.78, 5) is 50.0. The summed E-state index contributed by atoms with van der Waals surface area (Å²) in [6.07, 6.45) is 5.47. The second-order valence-electron chi connectivity index (χ2n) is 11.5. The number of hydrogen-bond donors (Lipinski definition) is 3. The molecule has 46 heavy (non-hydrogen) atoms. The molecule has 0 bridgehead atoms. The number of benzene rings is 3. The highest BCUT2D eigenvalue weighted by molar-refractivity contribution is 5.98. The number of nitrogens with zero attached hydrogens (tertiary/aromatic N) is 2. The Morgan fingerprint density at radius 2 is 1.61 bits per heavy atom. The Balaban J connectivity index is 1.37. The SMILES string of the molecule is CCCCOC1(c2ccccc2)CN(C(=O)C(Cc2ccc(OC)cc2)NC(=O)C(Cc2cnc[nH]2)NC(=O)c2ccccc2)C1. The first kappa shape index (κ1) is 32.4. The molecule has 2 unspecified atom stereocenters. The van der Waals surface area contributed by atoms with Gasteiger partial charge in [-0.2, -0.15) is 0 Å². The van der Waals surface area contributed by atoms with Gasteiger partial charge in [0, 0.05) is 36.9 Å². The molecular weight excluding hydrogens is 582 g/mol. The molecule has 3 N–H and O–H groups in total. The molecule has 0 aliphatic carbocycles. The predicted octanol–water partition coefficient (Wildman–Crippen LogP) is 4.04. The molecule has 1 aliphatic heterocycles. The Morgan fingerprint density at radius 1 is 0.913 bits per heavy atom. The van der Waals surface area contributed by atoms with E-state index in [9.17, 15) is 14.4 Å². The third kappa shape index (κ3) is 8.00. The molecule has 10 nitrogen and oxygen atoms in total. The fourth-order valence-electron chi connectivity index (χ4n) is 5.58. The topological polar surface area (TPSA) is 126 Å². The summed E-state index contributed by atoms with van der Waals surface area (Å²) in [6.45, 7) is 3.45. The second kappa shape index (κ2) is 15.4. The number of methoxy groups -OCH3 is 1. The zero-order chi connectivity index (χ0) is 32.4. The smallest absolute Gasteiger partial charge is 0.251 e. The number of rotatable bonds is 15. The lowest BCUT2D eigenvalue weighted by Gasteiger charge is -2.51. The number of unbranched alkanes of at least 4 members (excludes halogenated alkanes) is 1. The first-order chi connectivity index (χ1) is 22.4. The Labute approximate surface area is 269 Å². The third-order valence-electron chi connectivity index (χ3n) is 8.23. The number of hydrogen-bond acceptors (Lipinski definition) is 6. The van der Waals surface area contributed by atoms with Crippen molar-refractivity contribution in [3.8, 4) is 5.75 Å². The first-order valence-electron chi connectivity index (χ1n) is 15.7. The summed E-state index contributed by atoms with van der Waals surface area (Å²) in [5.74, 6) is -0.388. The van der Waals surface area contributed by atoms with Crippen LogP contribution in [-0.2, 0) is 32.8 Å². The van der Waals surface area contributed by atoms with Crippen molar-refractivity contribution < 1.29 is 23.9 Å². The highest BCUT2D eigenvalue weighted by atomic mass is 16.5. The number of ether oxygens (including phenoxy) is 2. The Bertz CT molecular complexity index is 1560. The van der Waals surface area contributed by atoms with E-state index in [2.05, 4.69) is 27.5 Å². The van der Waals surface area contributed by atoms with Gasteiger partial charge in [-0.15, -0.1) is 0 Å². The molecule has 3 aromatic carbocycles. The van der Waals surface area contributed by atoms with Crippen molar-refractivity contribution >= 4 is 17.7 Å². The quantitative estimate of drug-likeness (QED) is 0.172. The minimum absolute atomic E-state index is 0.167. The van der Waals surface area contributed by atoms with Crippen molar-refractivity contribution in [1.82, 2.24) is 25.5 Å². The minimum Gasteiger partial charge on any atom is -0.497 e. The van der Waals surface area contributed by atoms with Gasteiger partial charge in [-0.1, -0.05) is 74.0 Å². The summed E-state index contributed by atoms with van der Waals surface area (Å²) in [5, 5.41) is 5.84. The van der Waals surface area contributed by atoms with E-state index in [1.165, 1.54) is 6.33 Å². The predicted molar refractivity (Wildman–Crippen MR) is 174 cm³/mol. The van der Waals surface area contributed by atoms with Gasteiger partial charge in [0.25, 0.3) is 5.91 Å². The van der Waals surface area contributed by atoms with Crippen molar-refractivity contribution in [2.24, 2.45) is 0 Å². The van der Waals surface area contributed by atoms with Crippen LogP contribution in [0, 0.1) is 0 Å². The van der Waals surface area contributed by atoms with E-state index >= 15 is 0 Å². The molecule has 1 aliphatic rings. The number of likely N-dealkylation sites (tertiary alicyclic amines) is 1. The number of aromatic nitrogens is 2. The Hall–Kier alpha value is -4.96.